The van der Waals surface area contributed by atoms with E-state index in [2.05, 4.69) is 5.10 Å². The van der Waals surface area contributed by atoms with E-state index in [0.717, 1.165) is 0 Å². The number of esters is 1. The maximum absolute atomic E-state index is 11.5. The predicted molar refractivity (Wildman–Crippen MR) is 84.5 cm³/mol. The first-order chi connectivity index (χ1) is 11.3. The zero-order valence-corrected chi connectivity index (χ0v) is 13.8. The third-order valence-corrected chi connectivity index (χ3v) is 3.56. The lowest BCUT2D eigenvalue weighted by molar-refractivity contribution is -0.386. The molecule has 24 heavy (non-hydrogen) atoms. The minimum absolute atomic E-state index is 0.00566. The second-order valence-electron chi connectivity index (χ2n) is 5.36. The lowest BCUT2D eigenvalue weighted by Crippen LogP contribution is -2.34. The van der Waals surface area contributed by atoms with Crippen LogP contribution in [0.1, 0.15) is 29.8 Å². The van der Waals surface area contributed by atoms with Gasteiger partial charge >= 0.3 is 11.7 Å². The van der Waals surface area contributed by atoms with Crippen molar-refractivity contribution in [2.75, 3.05) is 6.61 Å². The van der Waals surface area contributed by atoms with Gasteiger partial charge in [-0.1, -0.05) is 0 Å². The molecule has 0 aliphatic rings. The van der Waals surface area contributed by atoms with Crippen LogP contribution in [0.3, 0.4) is 0 Å². The molecule has 2 heterocycles. The summed E-state index contributed by atoms with van der Waals surface area (Å²) >= 11 is 0. The van der Waals surface area contributed by atoms with Crippen LogP contribution < -0.4 is 5.73 Å². The van der Waals surface area contributed by atoms with E-state index in [9.17, 15) is 14.9 Å². The summed E-state index contributed by atoms with van der Waals surface area (Å²) in [7, 11) is 0. The first-order valence-electron chi connectivity index (χ1n) is 7.51. The Bertz CT molecular complexity index is 749. The number of carbonyl (C=O) groups is 1. The number of ether oxygens (including phenoxy) is 1. The number of aryl methyl sites for hydroxylation is 1. The number of furan rings is 1. The molecule has 2 aromatic rings. The van der Waals surface area contributed by atoms with Crippen molar-refractivity contribution in [3.8, 4) is 0 Å². The number of rotatable bonds is 7. The number of carbonyl (C=O) groups excluding carboxylic acids is 1. The lowest BCUT2D eigenvalue weighted by atomic mass is 10.2. The Balaban J connectivity index is 2.08. The average Bonchev–Trinajstić information content (AvgIpc) is 3.04. The Morgan fingerprint density at radius 3 is 2.71 bits per heavy atom. The van der Waals surface area contributed by atoms with Gasteiger partial charge in [-0.05, 0) is 32.9 Å². The summed E-state index contributed by atoms with van der Waals surface area (Å²) < 4.78 is 12.0. The van der Waals surface area contributed by atoms with Gasteiger partial charge in [-0.3, -0.25) is 19.6 Å². The fourth-order valence-electron chi connectivity index (χ4n) is 2.42. The molecular weight excluding hydrogens is 316 g/mol. The van der Waals surface area contributed by atoms with E-state index >= 15 is 0 Å². The maximum Gasteiger partial charge on any atom is 0.323 e. The standard InChI is InChI=1S/C15H20N4O5/c1-4-23-15(20)13(16)7-11-5-6-12(24-11)8-18-10(3)14(19(21)22)9(2)17-18/h5-6,13H,4,7-8,16H2,1-3H3. The highest BCUT2D eigenvalue weighted by Crippen LogP contribution is 2.23. The van der Waals surface area contributed by atoms with Gasteiger partial charge in [0.2, 0.25) is 0 Å². The number of nitrogens with zero attached hydrogens (tertiary/aromatic N) is 3. The molecule has 9 heteroatoms. The number of hydrogen-bond donors (Lipinski definition) is 1. The number of aromatic nitrogens is 2. The van der Waals surface area contributed by atoms with Gasteiger partial charge in [-0.2, -0.15) is 5.10 Å². The molecule has 0 amide bonds. The summed E-state index contributed by atoms with van der Waals surface area (Å²) in [6.07, 6.45) is 0.218. The Morgan fingerprint density at radius 2 is 2.12 bits per heavy atom. The average molecular weight is 336 g/mol. The van der Waals surface area contributed by atoms with Crippen LogP contribution in [0, 0.1) is 24.0 Å². The summed E-state index contributed by atoms with van der Waals surface area (Å²) in [5.74, 6) is 0.632. The molecule has 0 spiro atoms. The van der Waals surface area contributed by atoms with Crippen molar-refractivity contribution in [1.29, 1.82) is 0 Å². The number of nitrogens with two attached hydrogens (primary N) is 1. The van der Waals surface area contributed by atoms with E-state index in [4.69, 9.17) is 14.9 Å². The molecule has 1 atom stereocenters. The van der Waals surface area contributed by atoms with Gasteiger partial charge < -0.3 is 14.9 Å². The van der Waals surface area contributed by atoms with Gasteiger partial charge in [0.25, 0.3) is 0 Å². The van der Waals surface area contributed by atoms with Crippen LogP contribution in [0.15, 0.2) is 16.5 Å². The SMILES string of the molecule is CCOC(=O)C(N)Cc1ccc(Cn2nc(C)c([N+](=O)[O-])c2C)o1. The van der Waals surface area contributed by atoms with Crippen LogP contribution in [0.4, 0.5) is 5.69 Å². The molecular formula is C15H20N4O5. The van der Waals surface area contributed by atoms with Crippen molar-refractivity contribution in [2.24, 2.45) is 5.73 Å². The number of hydrogen-bond acceptors (Lipinski definition) is 7. The predicted octanol–water partition coefficient (Wildman–Crippen LogP) is 1.48. The van der Waals surface area contributed by atoms with E-state index in [-0.39, 0.29) is 25.3 Å². The molecule has 9 nitrogen and oxygen atoms in total. The topological polar surface area (TPSA) is 126 Å². The summed E-state index contributed by atoms with van der Waals surface area (Å²) in [5, 5.41) is 15.2. The Kier molecular flexibility index (Phi) is 5.35. The fraction of sp³-hybridized carbons (Fsp3) is 0.467. The van der Waals surface area contributed by atoms with E-state index in [1.54, 1.807) is 32.9 Å². The molecule has 0 saturated heterocycles. The minimum atomic E-state index is -0.793. The third-order valence-electron chi connectivity index (χ3n) is 3.56. The first-order valence-corrected chi connectivity index (χ1v) is 7.51. The van der Waals surface area contributed by atoms with Gasteiger partial charge in [0, 0.05) is 6.42 Å². The summed E-state index contributed by atoms with van der Waals surface area (Å²) in [6.45, 7) is 5.47. The molecule has 1 unspecified atom stereocenters. The van der Waals surface area contributed by atoms with E-state index in [0.29, 0.717) is 22.9 Å². The number of nitro groups is 1. The van der Waals surface area contributed by atoms with Gasteiger partial charge in [-0.25, -0.2) is 0 Å². The monoisotopic (exact) mass is 336 g/mol. The minimum Gasteiger partial charge on any atom is -0.465 e. The van der Waals surface area contributed by atoms with Crippen molar-refractivity contribution < 1.29 is 18.9 Å². The molecule has 0 bridgehead atoms. The van der Waals surface area contributed by atoms with E-state index in [1.165, 1.54) is 4.68 Å². The zero-order valence-electron chi connectivity index (χ0n) is 13.8. The molecule has 0 aliphatic carbocycles. The van der Waals surface area contributed by atoms with Crippen LogP contribution in [0.5, 0.6) is 0 Å². The lowest BCUT2D eigenvalue weighted by Gasteiger charge is -2.08. The Hall–Kier alpha value is -2.68. The summed E-state index contributed by atoms with van der Waals surface area (Å²) in [5.41, 5.74) is 6.57. The second-order valence-corrected chi connectivity index (χ2v) is 5.36. The highest BCUT2D eigenvalue weighted by atomic mass is 16.6. The second kappa shape index (κ2) is 7.26. The quantitative estimate of drug-likeness (QED) is 0.461. The van der Waals surface area contributed by atoms with Crippen molar-refractivity contribution in [3.05, 3.63) is 45.2 Å². The highest BCUT2D eigenvalue weighted by Gasteiger charge is 2.22. The summed E-state index contributed by atoms with van der Waals surface area (Å²) in [4.78, 5) is 22.1. The van der Waals surface area contributed by atoms with Crippen molar-refractivity contribution in [1.82, 2.24) is 9.78 Å². The molecule has 0 aliphatic heterocycles. The summed E-state index contributed by atoms with van der Waals surface area (Å²) in [6, 6.07) is 2.66. The molecule has 0 saturated carbocycles. The van der Waals surface area contributed by atoms with Crippen molar-refractivity contribution in [2.45, 2.75) is 39.8 Å². The van der Waals surface area contributed by atoms with Crippen LogP contribution in [0.25, 0.3) is 0 Å². The molecule has 0 radical (unpaired) electrons. The van der Waals surface area contributed by atoms with Crippen LogP contribution in [-0.2, 0) is 22.5 Å². The van der Waals surface area contributed by atoms with Crippen LogP contribution in [0.2, 0.25) is 0 Å². The van der Waals surface area contributed by atoms with E-state index in [1.807, 2.05) is 0 Å². The van der Waals surface area contributed by atoms with Crippen LogP contribution >= 0.6 is 0 Å². The van der Waals surface area contributed by atoms with E-state index < -0.39 is 16.9 Å². The largest absolute Gasteiger partial charge is 0.465 e. The van der Waals surface area contributed by atoms with Gasteiger partial charge in [0.05, 0.1) is 18.1 Å². The van der Waals surface area contributed by atoms with Gasteiger partial charge in [-0.15, -0.1) is 0 Å². The smallest absolute Gasteiger partial charge is 0.323 e. The molecule has 2 N–H and O–H groups in total. The maximum atomic E-state index is 11.5. The Morgan fingerprint density at radius 1 is 1.46 bits per heavy atom. The Labute approximate surface area is 138 Å². The molecule has 130 valence electrons. The highest BCUT2D eigenvalue weighted by molar-refractivity contribution is 5.75. The van der Waals surface area contributed by atoms with Crippen molar-refractivity contribution >= 4 is 11.7 Å². The molecule has 2 rings (SSSR count). The molecule has 0 fully saturated rings. The zero-order chi connectivity index (χ0) is 17.9. The fourth-order valence-corrected chi connectivity index (χ4v) is 2.42. The van der Waals surface area contributed by atoms with Gasteiger partial charge in [0.15, 0.2) is 0 Å². The normalized spacial score (nSPS) is 12.2. The third kappa shape index (κ3) is 3.80. The molecule has 2 aromatic heterocycles. The van der Waals surface area contributed by atoms with Crippen LogP contribution in [-0.4, -0.2) is 33.3 Å². The van der Waals surface area contributed by atoms with Crippen molar-refractivity contribution in [3.63, 3.8) is 0 Å². The molecule has 0 aromatic carbocycles. The van der Waals surface area contributed by atoms with Gasteiger partial charge in [0.1, 0.15) is 29.0 Å². The first kappa shape index (κ1) is 17.7.